The second-order valence-electron chi connectivity index (χ2n) is 5.42. The van der Waals surface area contributed by atoms with Gasteiger partial charge in [-0.2, -0.15) is 0 Å². The molecule has 0 spiro atoms. The Bertz CT molecular complexity index is 717. The van der Waals surface area contributed by atoms with Gasteiger partial charge in [0.1, 0.15) is 5.75 Å². The van der Waals surface area contributed by atoms with Gasteiger partial charge in [0.2, 0.25) is 0 Å². The first-order valence-corrected chi connectivity index (χ1v) is 8.10. The summed E-state index contributed by atoms with van der Waals surface area (Å²) < 4.78 is 1.33. The summed E-state index contributed by atoms with van der Waals surface area (Å²) in [6.07, 6.45) is 2.07. The van der Waals surface area contributed by atoms with Crippen LogP contribution in [0.2, 0.25) is 0 Å². The summed E-state index contributed by atoms with van der Waals surface area (Å²) in [6.45, 7) is 2.21. The summed E-state index contributed by atoms with van der Waals surface area (Å²) in [5.74, 6) is 0.328. The molecule has 108 valence electrons. The maximum atomic E-state index is 9.29. The summed E-state index contributed by atoms with van der Waals surface area (Å²) in [6, 6.07) is 16.6. The fourth-order valence-electron chi connectivity index (χ4n) is 2.46. The van der Waals surface area contributed by atoms with Gasteiger partial charge in [-0.15, -0.1) is 11.3 Å². The van der Waals surface area contributed by atoms with Crippen molar-refractivity contribution in [1.29, 1.82) is 0 Å². The van der Waals surface area contributed by atoms with Gasteiger partial charge in [-0.3, -0.25) is 0 Å². The largest absolute Gasteiger partial charge is 0.508 e. The number of benzene rings is 2. The fourth-order valence-corrected chi connectivity index (χ4v) is 3.23. The molecule has 21 heavy (non-hydrogen) atoms. The summed E-state index contributed by atoms with van der Waals surface area (Å²) in [7, 11) is 0. The van der Waals surface area contributed by atoms with Crippen molar-refractivity contribution in [3.8, 4) is 5.75 Å². The molecule has 0 aliphatic carbocycles. The third kappa shape index (κ3) is 3.56. The van der Waals surface area contributed by atoms with Crippen LogP contribution in [0.5, 0.6) is 5.75 Å². The van der Waals surface area contributed by atoms with Crippen LogP contribution in [0.15, 0.2) is 53.9 Å². The highest BCUT2D eigenvalue weighted by atomic mass is 32.1. The van der Waals surface area contributed by atoms with Crippen molar-refractivity contribution in [1.82, 2.24) is 0 Å². The lowest BCUT2D eigenvalue weighted by Gasteiger charge is -2.15. The van der Waals surface area contributed by atoms with Crippen LogP contribution in [0.25, 0.3) is 10.1 Å². The molecule has 0 saturated heterocycles. The number of phenols is 1. The van der Waals surface area contributed by atoms with E-state index in [2.05, 4.69) is 41.9 Å². The van der Waals surface area contributed by atoms with Crippen molar-refractivity contribution in [3.63, 3.8) is 0 Å². The van der Waals surface area contributed by atoms with Crippen LogP contribution in [0.1, 0.15) is 18.9 Å². The number of phenolic OH excluding ortho intramolecular Hbond substituents is 1. The highest BCUT2D eigenvalue weighted by molar-refractivity contribution is 7.17. The van der Waals surface area contributed by atoms with Gasteiger partial charge in [0.25, 0.3) is 0 Å². The Kier molecular flexibility index (Phi) is 4.11. The summed E-state index contributed by atoms with van der Waals surface area (Å²) >= 11 is 1.78. The average Bonchev–Trinajstić information content (AvgIpc) is 2.94. The molecule has 3 aromatic rings. The van der Waals surface area contributed by atoms with Crippen LogP contribution >= 0.6 is 11.3 Å². The smallest absolute Gasteiger partial charge is 0.115 e. The number of aryl methyl sites for hydroxylation is 1. The number of aromatic hydroxyl groups is 1. The summed E-state index contributed by atoms with van der Waals surface area (Å²) in [5, 5.41) is 16.3. The molecular weight excluding hydrogens is 278 g/mol. The lowest BCUT2D eigenvalue weighted by molar-refractivity contribution is 0.475. The van der Waals surface area contributed by atoms with Crippen molar-refractivity contribution >= 4 is 27.1 Å². The molecule has 1 atom stereocenters. The lowest BCUT2D eigenvalue weighted by Crippen LogP contribution is -2.15. The molecule has 1 unspecified atom stereocenters. The Morgan fingerprint density at radius 1 is 1.10 bits per heavy atom. The van der Waals surface area contributed by atoms with Crippen LogP contribution < -0.4 is 5.32 Å². The van der Waals surface area contributed by atoms with Gasteiger partial charge in [-0.05, 0) is 72.5 Å². The first-order valence-electron chi connectivity index (χ1n) is 7.22. The second kappa shape index (κ2) is 6.19. The molecule has 3 heteroatoms. The Morgan fingerprint density at radius 2 is 1.90 bits per heavy atom. The maximum Gasteiger partial charge on any atom is 0.115 e. The number of hydrogen-bond acceptors (Lipinski definition) is 3. The van der Waals surface area contributed by atoms with Crippen LogP contribution in [0, 0.1) is 0 Å². The first-order chi connectivity index (χ1) is 10.2. The van der Waals surface area contributed by atoms with E-state index in [4.69, 9.17) is 0 Å². The Labute approximate surface area is 129 Å². The zero-order valence-corrected chi connectivity index (χ0v) is 12.9. The second-order valence-corrected chi connectivity index (χ2v) is 6.37. The Hall–Kier alpha value is -2.00. The van der Waals surface area contributed by atoms with Crippen molar-refractivity contribution in [2.24, 2.45) is 0 Å². The van der Waals surface area contributed by atoms with Crippen molar-refractivity contribution in [2.45, 2.75) is 25.8 Å². The van der Waals surface area contributed by atoms with Crippen LogP contribution in [-0.4, -0.2) is 11.1 Å². The van der Waals surface area contributed by atoms with Crippen molar-refractivity contribution in [3.05, 3.63) is 59.5 Å². The van der Waals surface area contributed by atoms with Gasteiger partial charge in [0, 0.05) is 16.4 Å². The predicted octanol–water partition coefficient (Wildman–Crippen LogP) is 5.04. The van der Waals surface area contributed by atoms with E-state index in [1.54, 1.807) is 23.5 Å². The lowest BCUT2D eigenvalue weighted by atomic mass is 10.1. The molecule has 0 amide bonds. The number of fused-ring (bicyclic) bond motifs is 1. The minimum absolute atomic E-state index is 0.328. The van der Waals surface area contributed by atoms with Gasteiger partial charge >= 0.3 is 0 Å². The van der Waals surface area contributed by atoms with Gasteiger partial charge in [0.15, 0.2) is 0 Å². The van der Waals surface area contributed by atoms with Gasteiger partial charge in [-0.25, -0.2) is 0 Å². The molecule has 0 fully saturated rings. The topological polar surface area (TPSA) is 32.3 Å². The highest BCUT2D eigenvalue weighted by Crippen LogP contribution is 2.24. The van der Waals surface area contributed by atoms with Gasteiger partial charge in [0.05, 0.1) is 0 Å². The maximum absolute atomic E-state index is 9.29. The fraction of sp³-hybridized carbons (Fsp3) is 0.222. The molecule has 1 heterocycles. The summed E-state index contributed by atoms with van der Waals surface area (Å²) in [4.78, 5) is 0. The molecule has 1 aromatic heterocycles. The standard InChI is InChI=1S/C18H19NOS/c1-13(2-3-14-4-7-17(20)8-5-14)19-16-6-9-18-15(12-16)10-11-21-18/h4-13,19-20H,2-3H2,1H3. The molecule has 3 rings (SSSR count). The molecule has 2 nitrogen and oxygen atoms in total. The molecule has 0 aliphatic rings. The van der Waals surface area contributed by atoms with E-state index in [1.165, 1.54) is 21.3 Å². The van der Waals surface area contributed by atoms with Crippen LogP contribution in [0.4, 0.5) is 5.69 Å². The average molecular weight is 297 g/mol. The Balaban J connectivity index is 1.58. The van der Waals surface area contributed by atoms with E-state index in [-0.39, 0.29) is 0 Å². The minimum atomic E-state index is 0.328. The third-order valence-corrected chi connectivity index (χ3v) is 4.57. The molecule has 0 aliphatic heterocycles. The van der Waals surface area contributed by atoms with Gasteiger partial charge < -0.3 is 10.4 Å². The van der Waals surface area contributed by atoms with Crippen LogP contribution in [0.3, 0.4) is 0 Å². The quantitative estimate of drug-likeness (QED) is 0.691. The number of rotatable bonds is 5. The van der Waals surface area contributed by atoms with E-state index in [0.717, 1.165) is 12.8 Å². The molecule has 0 saturated carbocycles. The zero-order valence-electron chi connectivity index (χ0n) is 12.0. The zero-order chi connectivity index (χ0) is 14.7. The van der Waals surface area contributed by atoms with E-state index >= 15 is 0 Å². The third-order valence-electron chi connectivity index (χ3n) is 3.67. The highest BCUT2D eigenvalue weighted by Gasteiger charge is 2.04. The van der Waals surface area contributed by atoms with E-state index in [9.17, 15) is 5.11 Å². The number of nitrogens with one attached hydrogen (secondary N) is 1. The SMILES string of the molecule is CC(CCc1ccc(O)cc1)Nc1ccc2sccc2c1. The normalized spacial score (nSPS) is 12.4. The number of thiophene rings is 1. The predicted molar refractivity (Wildman–Crippen MR) is 91.3 cm³/mol. The molecule has 0 bridgehead atoms. The van der Waals surface area contributed by atoms with Crippen LogP contribution in [-0.2, 0) is 6.42 Å². The summed E-state index contributed by atoms with van der Waals surface area (Å²) in [5.41, 5.74) is 2.44. The minimum Gasteiger partial charge on any atom is -0.508 e. The number of anilines is 1. The molecule has 0 radical (unpaired) electrons. The molecule has 2 N–H and O–H groups in total. The van der Waals surface area contributed by atoms with E-state index in [1.807, 2.05) is 12.1 Å². The van der Waals surface area contributed by atoms with E-state index < -0.39 is 0 Å². The van der Waals surface area contributed by atoms with Gasteiger partial charge in [-0.1, -0.05) is 12.1 Å². The van der Waals surface area contributed by atoms with Crippen molar-refractivity contribution in [2.75, 3.05) is 5.32 Å². The van der Waals surface area contributed by atoms with Crippen molar-refractivity contribution < 1.29 is 5.11 Å². The molecular formula is C18H19NOS. The first kappa shape index (κ1) is 14.0. The number of hydrogen-bond donors (Lipinski definition) is 2. The molecule has 2 aromatic carbocycles. The van der Waals surface area contributed by atoms with E-state index in [0.29, 0.717) is 11.8 Å². The Morgan fingerprint density at radius 3 is 2.71 bits per heavy atom. The monoisotopic (exact) mass is 297 g/mol.